The number of hydrogen-bond acceptors (Lipinski definition) is 2. The molecule has 17 heavy (non-hydrogen) atoms. The SMILES string of the molecule is CC(C)(C)NCCCS(=O)c1cccc(Cl)c1. The summed E-state index contributed by atoms with van der Waals surface area (Å²) in [5.74, 6) is 0.670. The number of hydrogen-bond donors (Lipinski definition) is 1. The van der Waals surface area contributed by atoms with Crippen LogP contribution in [0.3, 0.4) is 0 Å². The standard InChI is InChI=1S/C13H20ClNOS/c1-13(2,3)15-8-5-9-17(16)12-7-4-6-11(14)10-12/h4,6-7,10,15H,5,8-9H2,1-3H3. The Morgan fingerprint density at radius 3 is 2.65 bits per heavy atom. The Morgan fingerprint density at radius 2 is 2.06 bits per heavy atom. The van der Waals surface area contributed by atoms with Crippen LogP contribution < -0.4 is 5.32 Å². The highest BCUT2D eigenvalue weighted by molar-refractivity contribution is 7.85. The molecule has 0 heterocycles. The Bertz CT molecular complexity index is 387. The molecule has 1 aromatic rings. The van der Waals surface area contributed by atoms with Crippen molar-refractivity contribution >= 4 is 22.4 Å². The molecule has 0 spiro atoms. The molecule has 0 aliphatic rings. The molecule has 0 aliphatic heterocycles. The molecular formula is C13H20ClNOS. The van der Waals surface area contributed by atoms with Gasteiger partial charge in [0.15, 0.2) is 0 Å². The van der Waals surface area contributed by atoms with Gasteiger partial charge in [-0.2, -0.15) is 0 Å². The highest BCUT2D eigenvalue weighted by atomic mass is 35.5. The smallest absolute Gasteiger partial charge is 0.0530 e. The van der Waals surface area contributed by atoms with Gasteiger partial charge in [-0.15, -0.1) is 0 Å². The molecule has 0 aliphatic carbocycles. The summed E-state index contributed by atoms with van der Waals surface area (Å²) >= 11 is 5.86. The molecular weight excluding hydrogens is 254 g/mol. The van der Waals surface area contributed by atoms with Crippen molar-refractivity contribution in [2.45, 2.75) is 37.6 Å². The summed E-state index contributed by atoms with van der Waals surface area (Å²) in [7, 11) is -0.946. The Kier molecular flexibility index (Phi) is 5.63. The van der Waals surface area contributed by atoms with Gasteiger partial charge in [-0.05, 0) is 51.9 Å². The van der Waals surface area contributed by atoms with Crippen LogP contribution in [0, 0.1) is 0 Å². The molecule has 96 valence electrons. The summed E-state index contributed by atoms with van der Waals surface area (Å²) in [6, 6.07) is 7.26. The second-order valence-corrected chi connectivity index (χ2v) is 7.04. The molecule has 2 nitrogen and oxygen atoms in total. The fourth-order valence-corrected chi connectivity index (χ4v) is 2.78. The molecule has 0 amide bonds. The second-order valence-electron chi connectivity index (χ2n) is 5.04. The lowest BCUT2D eigenvalue weighted by Gasteiger charge is -2.20. The van der Waals surface area contributed by atoms with Gasteiger partial charge in [0.2, 0.25) is 0 Å². The molecule has 0 radical (unpaired) electrons. The minimum atomic E-state index is -0.946. The van der Waals surface area contributed by atoms with Crippen LogP contribution in [-0.2, 0) is 10.8 Å². The van der Waals surface area contributed by atoms with Gasteiger partial charge in [0.1, 0.15) is 0 Å². The van der Waals surface area contributed by atoms with Crippen molar-refractivity contribution < 1.29 is 4.21 Å². The van der Waals surface area contributed by atoms with Crippen molar-refractivity contribution in [2.75, 3.05) is 12.3 Å². The molecule has 1 atom stereocenters. The van der Waals surface area contributed by atoms with E-state index in [4.69, 9.17) is 11.6 Å². The average Bonchev–Trinajstić information content (AvgIpc) is 2.23. The van der Waals surface area contributed by atoms with E-state index >= 15 is 0 Å². The van der Waals surface area contributed by atoms with Crippen LogP contribution >= 0.6 is 11.6 Å². The summed E-state index contributed by atoms with van der Waals surface area (Å²) < 4.78 is 11.9. The summed E-state index contributed by atoms with van der Waals surface area (Å²) in [4.78, 5) is 0.813. The maximum Gasteiger partial charge on any atom is 0.0530 e. The van der Waals surface area contributed by atoms with Crippen molar-refractivity contribution in [2.24, 2.45) is 0 Å². The van der Waals surface area contributed by atoms with E-state index in [0.29, 0.717) is 10.8 Å². The summed E-state index contributed by atoms with van der Waals surface area (Å²) in [6.07, 6.45) is 0.899. The third kappa shape index (κ3) is 6.20. The maximum atomic E-state index is 11.9. The van der Waals surface area contributed by atoms with E-state index in [2.05, 4.69) is 26.1 Å². The first-order valence-electron chi connectivity index (χ1n) is 5.77. The van der Waals surface area contributed by atoms with Crippen molar-refractivity contribution in [3.8, 4) is 0 Å². The first-order chi connectivity index (χ1) is 7.88. The van der Waals surface area contributed by atoms with E-state index in [1.165, 1.54) is 0 Å². The fourth-order valence-electron chi connectivity index (χ4n) is 1.39. The van der Waals surface area contributed by atoms with Crippen LogP contribution in [0.4, 0.5) is 0 Å². The highest BCUT2D eigenvalue weighted by Crippen LogP contribution is 2.14. The van der Waals surface area contributed by atoms with Gasteiger partial charge < -0.3 is 5.32 Å². The number of rotatable bonds is 5. The van der Waals surface area contributed by atoms with E-state index in [0.717, 1.165) is 17.9 Å². The van der Waals surface area contributed by atoms with Crippen LogP contribution in [0.2, 0.25) is 5.02 Å². The van der Waals surface area contributed by atoms with Gasteiger partial charge in [0.05, 0.1) is 10.8 Å². The lowest BCUT2D eigenvalue weighted by Crippen LogP contribution is -2.36. The van der Waals surface area contributed by atoms with Crippen molar-refractivity contribution in [1.29, 1.82) is 0 Å². The largest absolute Gasteiger partial charge is 0.312 e. The van der Waals surface area contributed by atoms with Gasteiger partial charge in [-0.25, -0.2) is 0 Å². The minimum Gasteiger partial charge on any atom is -0.312 e. The zero-order chi connectivity index (χ0) is 12.9. The predicted octanol–water partition coefficient (Wildman–Crippen LogP) is 3.23. The number of nitrogens with one attached hydrogen (secondary N) is 1. The highest BCUT2D eigenvalue weighted by Gasteiger charge is 2.09. The molecule has 0 saturated heterocycles. The minimum absolute atomic E-state index is 0.123. The first-order valence-corrected chi connectivity index (χ1v) is 7.47. The van der Waals surface area contributed by atoms with E-state index in [1.807, 2.05) is 12.1 Å². The van der Waals surface area contributed by atoms with Crippen LogP contribution in [0.25, 0.3) is 0 Å². The van der Waals surface area contributed by atoms with Crippen LogP contribution in [0.15, 0.2) is 29.2 Å². The molecule has 1 rings (SSSR count). The maximum absolute atomic E-state index is 11.9. The van der Waals surface area contributed by atoms with Crippen LogP contribution in [0.1, 0.15) is 27.2 Å². The van der Waals surface area contributed by atoms with Crippen LogP contribution in [-0.4, -0.2) is 22.0 Å². The molecule has 1 unspecified atom stereocenters. The van der Waals surface area contributed by atoms with Gasteiger partial charge >= 0.3 is 0 Å². The average molecular weight is 274 g/mol. The molecule has 4 heteroatoms. The Hall–Kier alpha value is -0.380. The second kappa shape index (κ2) is 6.53. The Labute approximate surface area is 111 Å². The monoisotopic (exact) mass is 273 g/mol. The van der Waals surface area contributed by atoms with E-state index in [9.17, 15) is 4.21 Å². The summed E-state index contributed by atoms with van der Waals surface area (Å²) in [5.41, 5.74) is 0.123. The molecule has 1 aromatic carbocycles. The van der Waals surface area contributed by atoms with Gasteiger partial charge in [0, 0.05) is 21.2 Å². The van der Waals surface area contributed by atoms with E-state index in [1.54, 1.807) is 12.1 Å². The third-order valence-electron chi connectivity index (χ3n) is 2.22. The van der Waals surface area contributed by atoms with Gasteiger partial charge in [-0.1, -0.05) is 17.7 Å². The topological polar surface area (TPSA) is 29.1 Å². The quantitative estimate of drug-likeness (QED) is 0.835. The lowest BCUT2D eigenvalue weighted by molar-refractivity contribution is 0.427. The van der Waals surface area contributed by atoms with Crippen molar-refractivity contribution in [1.82, 2.24) is 5.32 Å². The molecule has 0 saturated carbocycles. The fraction of sp³-hybridized carbons (Fsp3) is 0.538. The first kappa shape index (κ1) is 14.7. The van der Waals surface area contributed by atoms with Gasteiger partial charge in [0.25, 0.3) is 0 Å². The lowest BCUT2D eigenvalue weighted by atomic mass is 10.1. The van der Waals surface area contributed by atoms with Crippen LogP contribution in [0.5, 0.6) is 0 Å². The Balaban J connectivity index is 2.36. The molecule has 0 aromatic heterocycles. The molecule has 0 fully saturated rings. The normalized spacial score (nSPS) is 13.6. The van der Waals surface area contributed by atoms with Crippen molar-refractivity contribution in [3.05, 3.63) is 29.3 Å². The van der Waals surface area contributed by atoms with E-state index in [-0.39, 0.29) is 5.54 Å². The third-order valence-corrected chi connectivity index (χ3v) is 3.90. The zero-order valence-corrected chi connectivity index (χ0v) is 12.2. The number of halogens is 1. The van der Waals surface area contributed by atoms with Crippen molar-refractivity contribution in [3.63, 3.8) is 0 Å². The van der Waals surface area contributed by atoms with Gasteiger partial charge in [-0.3, -0.25) is 4.21 Å². The number of benzene rings is 1. The summed E-state index contributed by atoms with van der Waals surface area (Å²) in [5, 5.41) is 4.02. The summed E-state index contributed by atoms with van der Waals surface area (Å²) in [6.45, 7) is 7.26. The molecule has 1 N–H and O–H groups in total. The zero-order valence-electron chi connectivity index (χ0n) is 10.6. The van der Waals surface area contributed by atoms with E-state index < -0.39 is 10.8 Å². The predicted molar refractivity (Wildman–Crippen MR) is 75.1 cm³/mol. The Morgan fingerprint density at radius 1 is 1.35 bits per heavy atom. The molecule has 0 bridgehead atoms.